The van der Waals surface area contributed by atoms with E-state index in [1.807, 2.05) is 0 Å². The van der Waals surface area contributed by atoms with E-state index in [4.69, 9.17) is 5.73 Å². The van der Waals surface area contributed by atoms with Crippen LogP contribution in [0.15, 0.2) is 0 Å². The molecule has 1 amide bonds. The molecular formula is C13H22ClF3N2O. The molecule has 0 spiro atoms. The van der Waals surface area contributed by atoms with E-state index < -0.39 is 18.0 Å². The van der Waals surface area contributed by atoms with Crippen LogP contribution in [0.5, 0.6) is 0 Å². The van der Waals surface area contributed by atoms with Gasteiger partial charge in [-0.2, -0.15) is 13.2 Å². The van der Waals surface area contributed by atoms with Crippen molar-refractivity contribution in [1.29, 1.82) is 0 Å². The number of rotatable bonds is 2. The third-order valence-corrected chi connectivity index (χ3v) is 4.42. The lowest BCUT2D eigenvalue weighted by Gasteiger charge is -2.34. The first-order valence-electron chi connectivity index (χ1n) is 7.00. The number of hydrogen-bond donors (Lipinski definition) is 1. The quantitative estimate of drug-likeness (QED) is 0.852. The van der Waals surface area contributed by atoms with Crippen molar-refractivity contribution in [2.75, 3.05) is 13.1 Å². The van der Waals surface area contributed by atoms with Gasteiger partial charge in [0.25, 0.3) is 0 Å². The Morgan fingerprint density at radius 3 is 2.50 bits per heavy atom. The average Bonchev–Trinajstić information content (AvgIpc) is 2.85. The summed E-state index contributed by atoms with van der Waals surface area (Å²) in [6, 6.07) is 0.0266. The fourth-order valence-electron chi connectivity index (χ4n) is 3.32. The average molecular weight is 315 g/mol. The Morgan fingerprint density at radius 2 is 1.90 bits per heavy atom. The molecule has 1 aliphatic carbocycles. The van der Waals surface area contributed by atoms with E-state index in [0.29, 0.717) is 25.9 Å². The smallest absolute Gasteiger partial charge is 0.338 e. The summed E-state index contributed by atoms with van der Waals surface area (Å²) in [5, 5.41) is 0. The highest BCUT2D eigenvalue weighted by atomic mass is 35.5. The molecule has 3 atom stereocenters. The number of alkyl halides is 3. The predicted octanol–water partition coefficient (Wildman–Crippen LogP) is 2.73. The predicted molar refractivity (Wildman–Crippen MR) is 72.5 cm³/mol. The molecule has 0 aromatic carbocycles. The van der Waals surface area contributed by atoms with E-state index in [9.17, 15) is 18.0 Å². The maximum Gasteiger partial charge on any atom is 0.391 e. The molecule has 118 valence electrons. The summed E-state index contributed by atoms with van der Waals surface area (Å²) in [4.78, 5) is 14.1. The fraction of sp³-hybridized carbons (Fsp3) is 0.923. The van der Waals surface area contributed by atoms with Gasteiger partial charge in [-0.25, -0.2) is 0 Å². The van der Waals surface area contributed by atoms with Gasteiger partial charge in [0, 0.05) is 25.0 Å². The Hall–Kier alpha value is -0.490. The van der Waals surface area contributed by atoms with Gasteiger partial charge in [0.1, 0.15) is 0 Å². The van der Waals surface area contributed by atoms with Crippen LogP contribution in [0.4, 0.5) is 13.2 Å². The van der Waals surface area contributed by atoms with E-state index in [1.54, 1.807) is 4.90 Å². The first-order chi connectivity index (χ1) is 8.93. The van der Waals surface area contributed by atoms with Gasteiger partial charge in [0.05, 0.1) is 5.92 Å². The van der Waals surface area contributed by atoms with Crippen molar-refractivity contribution in [3.8, 4) is 0 Å². The number of amides is 1. The molecule has 1 aliphatic heterocycles. The van der Waals surface area contributed by atoms with Gasteiger partial charge >= 0.3 is 6.18 Å². The zero-order valence-corrected chi connectivity index (χ0v) is 12.2. The lowest BCUT2D eigenvalue weighted by Crippen LogP contribution is -2.45. The highest BCUT2D eigenvalue weighted by Crippen LogP contribution is 2.40. The van der Waals surface area contributed by atoms with Crippen LogP contribution in [-0.4, -0.2) is 36.1 Å². The molecule has 2 aliphatic rings. The molecule has 3 nitrogen and oxygen atoms in total. The van der Waals surface area contributed by atoms with Crippen LogP contribution in [-0.2, 0) is 4.79 Å². The number of nitrogens with zero attached hydrogens (tertiary/aromatic N) is 1. The molecule has 20 heavy (non-hydrogen) atoms. The second-order valence-corrected chi connectivity index (χ2v) is 5.67. The number of hydrogen-bond acceptors (Lipinski definition) is 2. The van der Waals surface area contributed by atoms with Gasteiger partial charge in [-0.3, -0.25) is 4.79 Å². The van der Waals surface area contributed by atoms with Crippen LogP contribution in [0.1, 0.15) is 38.5 Å². The maximum atomic E-state index is 12.8. The lowest BCUT2D eigenvalue weighted by atomic mass is 9.80. The Bertz CT molecular complexity index is 338. The molecule has 1 heterocycles. The van der Waals surface area contributed by atoms with Crippen LogP contribution in [0.25, 0.3) is 0 Å². The SMILES string of the molecule is Cl.NCC1CCCN1C(=O)C1CCCC(C(F)(F)F)C1. The Kier molecular flexibility index (Phi) is 6.13. The third kappa shape index (κ3) is 3.79. The molecule has 2 fully saturated rings. The van der Waals surface area contributed by atoms with E-state index in [-0.39, 0.29) is 37.2 Å². The summed E-state index contributed by atoms with van der Waals surface area (Å²) in [5.74, 6) is -1.89. The molecule has 1 saturated carbocycles. The fourth-order valence-corrected chi connectivity index (χ4v) is 3.32. The molecule has 7 heteroatoms. The van der Waals surface area contributed by atoms with Crippen LogP contribution in [0.3, 0.4) is 0 Å². The van der Waals surface area contributed by atoms with Gasteiger partial charge in [0.15, 0.2) is 0 Å². The normalized spacial score (nSPS) is 31.0. The first kappa shape index (κ1) is 17.6. The maximum absolute atomic E-state index is 12.8. The molecule has 0 aromatic heterocycles. The molecule has 3 unspecified atom stereocenters. The van der Waals surface area contributed by atoms with Crippen molar-refractivity contribution in [2.24, 2.45) is 17.6 Å². The van der Waals surface area contributed by atoms with Gasteiger partial charge in [-0.1, -0.05) is 6.42 Å². The van der Waals surface area contributed by atoms with Crippen LogP contribution in [0.2, 0.25) is 0 Å². The minimum Gasteiger partial charge on any atom is -0.338 e. The number of likely N-dealkylation sites (tertiary alicyclic amines) is 1. The van der Waals surface area contributed by atoms with Crippen molar-refractivity contribution >= 4 is 18.3 Å². The van der Waals surface area contributed by atoms with Crippen molar-refractivity contribution < 1.29 is 18.0 Å². The summed E-state index contributed by atoms with van der Waals surface area (Å²) in [6.45, 7) is 1.05. The summed E-state index contributed by atoms with van der Waals surface area (Å²) in [7, 11) is 0. The summed E-state index contributed by atoms with van der Waals surface area (Å²) >= 11 is 0. The highest BCUT2D eigenvalue weighted by molar-refractivity contribution is 5.85. The zero-order chi connectivity index (χ0) is 14.0. The molecule has 0 aromatic rings. The summed E-state index contributed by atoms with van der Waals surface area (Å²) < 4.78 is 38.3. The minimum absolute atomic E-state index is 0. The van der Waals surface area contributed by atoms with Crippen molar-refractivity contribution in [3.05, 3.63) is 0 Å². The highest BCUT2D eigenvalue weighted by Gasteiger charge is 2.44. The molecule has 0 radical (unpaired) electrons. The molecule has 2 rings (SSSR count). The van der Waals surface area contributed by atoms with Crippen LogP contribution >= 0.6 is 12.4 Å². The number of nitrogens with two attached hydrogens (primary N) is 1. The molecule has 0 bridgehead atoms. The van der Waals surface area contributed by atoms with Gasteiger partial charge in [-0.05, 0) is 32.1 Å². The zero-order valence-electron chi connectivity index (χ0n) is 11.4. The van der Waals surface area contributed by atoms with Crippen molar-refractivity contribution in [2.45, 2.75) is 50.7 Å². The lowest BCUT2D eigenvalue weighted by molar-refractivity contribution is -0.187. The van der Waals surface area contributed by atoms with Crippen molar-refractivity contribution in [1.82, 2.24) is 4.90 Å². The standard InChI is InChI=1S/C13H21F3N2O.ClH/c14-13(15,16)10-4-1-3-9(7-10)12(19)18-6-2-5-11(18)8-17;/h9-11H,1-8,17H2;1H. The summed E-state index contributed by atoms with van der Waals surface area (Å²) in [5.41, 5.74) is 5.61. The number of carbonyl (C=O) groups is 1. The molecule has 2 N–H and O–H groups in total. The van der Waals surface area contributed by atoms with Gasteiger partial charge in [0.2, 0.25) is 5.91 Å². The van der Waals surface area contributed by atoms with Crippen molar-refractivity contribution in [3.63, 3.8) is 0 Å². The largest absolute Gasteiger partial charge is 0.391 e. The third-order valence-electron chi connectivity index (χ3n) is 4.42. The van der Waals surface area contributed by atoms with E-state index in [2.05, 4.69) is 0 Å². The van der Waals surface area contributed by atoms with Crippen LogP contribution in [0, 0.1) is 11.8 Å². The molecular weight excluding hydrogens is 293 g/mol. The van der Waals surface area contributed by atoms with Gasteiger partial charge in [-0.15, -0.1) is 12.4 Å². The van der Waals surface area contributed by atoms with E-state index >= 15 is 0 Å². The number of carbonyl (C=O) groups excluding carboxylic acids is 1. The van der Waals surface area contributed by atoms with Crippen LogP contribution < -0.4 is 5.73 Å². The second kappa shape index (κ2) is 6.98. The topological polar surface area (TPSA) is 46.3 Å². The summed E-state index contributed by atoms with van der Waals surface area (Å²) in [6.07, 6.45) is -1.21. The Morgan fingerprint density at radius 1 is 1.20 bits per heavy atom. The minimum atomic E-state index is -4.17. The monoisotopic (exact) mass is 314 g/mol. The van der Waals surface area contributed by atoms with E-state index in [1.165, 1.54) is 0 Å². The van der Waals surface area contributed by atoms with Gasteiger partial charge < -0.3 is 10.6 Å². The Balaban J connectivity index is 0.00000200. The van der Waals surface area contributed by atoms with E-state index in [0.717, 1.165) is 12.8 Å². The Labute approximate surface area is 123 Å². The first-order valence-corrected chi connectivity index (χ1v) is 7.00. The molecule has 1 saturated heterocycles. The number of halogens is 4. The second-order valence-electron chi connectivity index (χ2n) is 5.67.